The molecule has 0 saturated carbocycles. The van der Waals surface area contributed by atoms with Crippen LogP contribution in [-0.4, -0.2) is 11.9 Å². The van der Waals surface area contributed by atoms with Crippen LogP contribution in [0.15, 0.2) is 85.0 Å². The second-order valence-corrected chi connectivity index (χ2v) is 7.61. The smallest absolute Gasteiger partial charge is 0.339 e. The molecule has 0 atom stereocenters. The van der Waals surface area contributed by atoms with E-state index >= 15 is 0 Å². The van der Waals surface area contributed by atoms with Gasteiger partial charge in [0.15, 0.2) is 5.06 Å². The van der Waals surface area contributed by atoms with Crippen LogP contribution >= 0.6 is 11.3 Å². The first-order valence-corrected chi connectivity index (χ1v) is 9.71. The Morgan fingerprint density at radius 2 is 1.17 bits per heavy atom. The van der Waals surface area contributed by atoms with Gasteiger partial charge in [-0.2, -0.15) is 0 Å². The summed E-state index contributed by atoms with van der Waals surface area (Å²) in [6, 6.07) is 19.1. The summed E-state index contributed by atoms with van der Waals surface area (Å²) in [4.78, 5) is 24.2. The average molecular weight is 404 g/mol. The third-order valence-corrected chi connectivity index (χ3v) is 5.05. The Kier molecular flexibility index (Phi) is 6.10. The van der Waals surface area contributed by atoms with Gasteiger partial charge in [-0.25, -0.2) is 9.59 Å². The Hall–Kier alpha value is -3.44. The number of carbonyl (C=O) groups is 2. The zero-order valence-electron chi connectivity index (χ0n) is 16.2. The van der Waals surface area contributed by atoms with Crippen LogP contribution in [0.5, 0.6) is 10.8 Å². The second kappa shape index (κ2) is 8.71. The molecule has 4 nitrogen and oxygen atoms in total. The number of hydrogen-bond donors (Lipinski definition) is 0. The second-order valence-electron chi connectivity index (χ2n) is 6.56. The fourth-order valence-corrected chi connectivity index (χ4v) is 3.31. The minimum absolute atomic E-state index is 0.357. The van der Waals surface area contributed by atoms with Crippen LogP contribution in [0.2, 0.25) is 0 Å². The standard InChI is InChI=1S/C24H20O4S/c1-15(2)23(25)27-20-11-9-18(10-12-20)17-5-7-19(8-6-17)21-13-14-22(29-21)28-24(26)16(3)4/h5-14H,1,3H2,2,4H3. The maximum Gasteiger partial charge on any atom is 0.339 e. The van der Waals surface area contributed by atoms with Crippen molar-refractivity contribution in [2.24, 2.45) is 0 Å². The van der Waals surface area contributed by atoms with Gasteiger partial charge in [-0.15, -0.1) is 0 Å². The molecule has 0 bridgehead atoms. The summed E-state index contributed by atoms with van der Waals surface area (Å²) in [6.07, 6.45) is 0. The molecular weight excluding hydrogens is 384 g/mol. The van der Waals surface area contributed by atoms with Crippen molar-refractivity contribution in [1.82, 2.24) is 0 Å². The van der Waals surface area contributed by atoms with Gasteiger partial charge >= 0.3 is 11.9 Å². The zero-order chi connectivity index (χ0) is 21.0. The lowest BCUT2D eigenvalue weighted by molar-refractivity contribution is -0.130. The molecule has 0 N–H and O–H groups in total. The monoisotopic (exact) mass is 404 g/mol. The fourth-order valence-electron chi connectivity index (χ4n) is 2.45. The average Bonchev–Trinajstić information content (AvgIpc) is 3.17. The highest BCUT2D eigenvalue weighted by atomic mass is 32.1. The Balaban J connectivity index is 1.71. The van der Waals surface area contributed by atoms with Crippen LogP contribution in [-0.2, 0) is 9.59 Å². The number of ether oxygens (including phenoxy) is 2. The largest absolute Gasteiger partial charge is 0.423 e. The molecule has 2 aromatic carbocycles. The Labute approximate surface area is 173 Å². The third-order valence-electron chi connectivity index (χ3n) is 4.04. The lowest BCUT2D eigenvalue weighted by Gasteiger charge is -2.06. The minimum atomic E-state index is -0.439. The number of carbonyl (C=O) groups excluding carboxylic acids is 2. The van der Waals surface area contributed by atoms with E-state index in [1.54, 1.807) is 32.0 Å². The van der Waals surface area contributed by atoms with Crippen LogP contribution in [0, 0.1) is 0 Å². The Bertz CT molecular complexity index is 1070. The van der Waals surface area contributed by atoms with Crippen LogP contribution in [0.3, 0.4) is 0 Å². The van der Waals surface area contributed by atoms with Crippen molar-refractivity contribution in [1.29, 1.82) is 0 Å². The summed E-state index contributed by atoms with van der Waals surface area (Å²) in [5.41, 5.74) is 3.80. The maximum absolute atomic E-state index is 11.6. The van der Waals surface area contributed by atoms with Gasteiger partial charge in [0.25, 0.3) is 0 Å². The summed E-state index contributed by atoms with van der Waals surface area (Å²) in [6.45, 7) is 10.4. The predicted octanol–water partition coefficient (Wildman–Crippen LogP) is 6.05. The van der Waals surface area contributed by atoms with Crippen molar-refractivity contribution in [2.45, 2.75) is 13.8 Å². The van der Waals surface area contributed by atoms with E-state index in [2.05, 4.69) is 13.2 Å². The van der Waals surface area contributed by atoms with E-state index in [1.807, 2.05) is 42.5 Å². The van der Waals surface area contributed by atoms with E-state index in [9.17, 15) is 9.59 Å². The van der Waals surface area contributed by atoms with Gasteiger partial charge in [-0.05, 0) is 54.8 Å². The van der Waals surface area contributed by atoms with Crippen LogP contribution < -0.4 is 9.47 Å². The molecule has 0 aliphatic heterocycles. The van der Waals surface area contributed by atoms with Gasteiger partial charge in [-0.1, -0.05) is 60.9 Å². The molecule has 0 radical (unpaired) electrons. The molecule has 1 aromatic heterocycles. The van der Waals surface area contributed by atoms with Gasteiger partial charge < -0.3 is 9.47 Å². The van der Waals surface area contributed by atoms with Crippen LogP contribution in [0.4, 0.5) is 0 Å². The number of thiophene rings is 1. The van der Waals surface area contributed by atoms with E-state index in [1.165, 1.54) is 11.3 Å². The molecule has 0 aliphatic carbocycles. The first kappa shape index (κ1) is 20.3. The Morgan fingerprint density at radius 3 is 1.72 bits per heavy atom. The van der Waals surface area contributed by atoms with Crippen molar-refractivity contribution in [3.63, 3.8) is 0 Å². The summed E-state index contributed by atoms with van der Waals surface area (Å²) in [5.74, 6) is -0.383. The maximum atomic E-state index is 11.6. The SMILES string of the molecule is C=C(C)C(=O)Oc1ccc(-c2ccc(-c3ccc(OC(=O)C(=C)C)s3)cc2)cc1. The highest BCUT2D eigenvalue weighted by Crippen LogP contribution is 2.34. The normalized spacial score (nSPS) is 10.3. The number of rotatable bonds is 6. The minimum Gasteiger partial charge on any atom is -0.423 e. The molecule has 0 spiro atoms. The molecule has 0 saturated heterocycles. The Morgan fingerprint density at radius 1 is 0.690 bits per heavy atom. The van der Waals surface area contributed by atoms with Crippen molar-refractivity contribution in [2.75, 3.05) is 0 Å². The molecule has 0 aliphatic rings. The molecule has 1 heterocycles. The lowest BCUT2D eigenvalue weighted by Crippen LogP contribution is -2.07. The molecule has 0 fully saturated rings. The zero-order valence-corrected chi connectivity index (χ0v) is 17.0. The quantitative estimate of drug-likeness (QED) is 0.285. The molecule has 0 amide bonds. The van der Waals surface area contributed by atoms with Crippen molar-refractivity contribution in [3.05, 3.63) is 85.0 Å². The molecular formula is C24H20O4S. The third kappa shape index (κ3) is 5.09. The summed E-state index contributed by atoms with van der Waals surface area (Å²) >= 11 is 1.40. The van der Waals surface area contributed by atoms with Crippen molar-refractivity contribution < 1.29 is 19.1 Å². The molecule has 0 unspecified atom stereocenters. The summed E-state index contributed by atoms with van der Waals surface area (Å²) < 4.78 is 10.5. The highest BCUT2D eigenvalue weighted by Gasteiger charge is 2.10. The topological polar surface area (TPSA) is 52.6 Å². The first-order chi connectivity index (χ1) is 13.8. The van der Waals surface area contributed by atoms with Crippen molar-refractivity contribution >= 4 is 23.3 Å². The van der Waals surface area contributed by atoms with Gasteiger partial charge in [0.2, 0.25) is 0 Å². The van der Waals surface area contributed by atoms with Gasteiger partial charge in [0.1, 0.15) is 5.75 Å². The van der Waals surface area contributed by atoms with Crippen LogP contribution in [0.1, 0.15) is 13.8 Å². The molecule has 3 rings (SSSR count). The summed E-state index contributed by atoms with van der Waals surface area (Å²) in [5, 5.41) is 0.539. The first-order valence-electron chi connectivity index (χ1n) is 8.89. The summed E-state index contributed by atoms with van der Waals surface area (Å²) in [7, 11) is 0. The lowest BCUT2D eigenvalue weighted by atomic mass is 10.0. The number of hydrogen-bond acceptors (Lipinski definition) is 5. The fraction of sp³-hybridized carbons (Fsp3) is 0.0833. The molecule has 5 heteroatoms. The van der Waals surface area contributed by atoms with Crippen LogP contribution in [0.25, 0.3) is 21.6 Å². The molecule has 3 aromatic rings. The molecule has 29 heavy (non-hydrogen) atoms. The van der Waals surface area contributed by atoms with E-state index in [4.69, 9.17) is 9.47 Å². The highest BCUT2D eigenvalue weighted by molar-refractivity contribution is 7.17. The van der Waals surface area contributed by atoms with E-state index in [-0.39, 0.29) is 0 Å². The van der Waals surface area contributed by atoms with Crippen molar-refractivity contribution in [3.8, 4) is 32.4 Å². The van der Waals surface area contributed by atoms with E-state index in [0.29, 0.717) is 22.0 Å². The number of esters is 2. The molecule has 146 valence electrons. The van der Waals surface area contributed by atoms with E-state index < -0.39 is 11.9 Å². The van der Waals surface area contributed by atoms with Gasteiger partial charge in [0.05, 0.1) is 0 Å². The predicted molar refractivity (Wildman–Crippen MR) is 116 cm³/mol. The number of benzene rings is 2. The van der Waals surface area contributed by atoms with E-state index in [0.717, 1.165) is 21.6 Å². The van der Waals surface area contributed by atoms with Gasteiger partial charge in [0, 0.05) is 16.0 Å². The van der Waals surface area contributed by atoms with Gasteiger partial charge in [-0.3, -0.25) is 0 Å².